The molecule has 114 valence electrons. The van der Waals surface area contributed by atoms with E-state index < -0.39 is 0 Å². The van der Waals surface area contributed by atoms with E-state index in [9.17, 15) is 0 Å². The van der Waals surface area contributed by atoms with Crippen LogP contribution >= 0.6 is 11.6 Å². The Labute approximate surface area is 132 Å². The second-order valence-electron chi connectivity index (χ2n) is 5.58. The fourth-order valence-corrected chi connectivity index (χ4v) is 2.66. The molecule has 0 N–H and O–H groups in total. The maximum absolute atomic E-state index is 6.13. The van der Waals surface area contributed by atoms with Gasteiger partial charge in [-0.2, -0.15) is 0 Å². The summed E-state index contributed by atoms with van der Waals surface area (Å²) in [5.74, 6) is 1.55. The summed E-state index contributed by atoms with van der Waals surface area (Å²) < 4.78 is 0. The number of alkyl halides is 1. The predicted molar refractivity (Wildman–Crippen MR) is 92.4 cm³/mol. The second-order valence-corrected chi connectivity index (χ2v) is 5.85. The number of nitrogens with zero attached hydrogens (tertiary/aromatic N) is 3. The van der Waals surface area contributed by atoms with E-state index in [-0.39, 0.29) is 0 Å². The summed E-state index contributed by atoms with van der Waals surface area (Å²) in [6.45, 7) is 5.21. The summed E-state index contributed by atoms with van der Waals surface area (Å²) in [4.78, 5) is 9.38. The molecule has 0 spiro atoms. The Kier molecular flexibility index (Phi) is 5.83. The van der Waals surface area contributed by atoms with Gasteiger partial charge in [-0.1, -0.05) is 25.1 Å². The van der Waals surface area contributed by atoms with Crippen molar-refractivity contribution in [3.05, 3.63) is 35.9 Å². The minimum Gasteiger partial charge on any atom is -0.355 e. The molecule has 0 bridgehead atoms. The van der Waals surface area contributed by atoms with Crippen molar-refractivity contribution in [2.45, 2.75) is 19.2 Å². The van der Waals surface area contributed by atoms with E-state index >= 15 is 0 Å². The van der Waals surface area contributed by atoms with Gasteiger partial charge in [0.05, 0.1) is 5.52 Å². The fourth-order valence-electron chi connectivity index (χ4n) is 2.44. The third-order valence-corrected chi connectivity index (χ3v) is 3.85. The van der Waals surface area contributed by atoms with Crippen LogP contribution in [0.4, 0.5) is 5.82 Å². The SMILES string of the molecule is CCCN(CCN(C)C)c1cc(CCl)c2ccccc2n1. The lowest BCUT2D eigenvalue weighted by Gasteiger charge is -2.25. The van der Waals surface area contributed by atoms with Gasteiger partial charge in [0.2, 0.25) is 0 Å². The first kappa shape index (κ1) is 16.1. The van der Waals surface area contributed by atoms with Crippen LogP contribution in [-0.4, -0.2) is 43.6 Å². The van der Waals surface area contributed by atoms with E-state index in [0.29, 0.717) is 5.88 Å². The van der Waals surface area contributed by atoms with Gasteiger partial charge in [0.25, 0.3) is 0 Å². The fraction of sp³-hybridized carbons (Fsp3) is 0.471. The number of benzene rings is 1. The van der Waals surface area contributed by atoms with Gasteiger partial charge in [-0.25, -0.2) is 4.98 Å². The number of hydrogen-bond donors (Lipinski definition) is 0. The van der Waals surface area contributed by atoms with Crippen molar-refractivity contribution < 1.29 is 0 Å². The quantitative estimate of drug-likeness (QED) is 0.726. The Hall–Kier alpha value is -1.32. The summed E-state index contributed by atoms with van der Waals surface area (Å²) in [6.07, 6.45) is 1.11. The number of aromatic nitrogens is 1. The molecule has 0 atom stereocenters. The number of likely N-dealkylation sites (N-methyl/N-ethyl adjacent to an activating group) is 1. The smallest absolute Gasteiger partial charge is 0.129 e. The van der Waals surface area contributed by atoms with Crippen LogP contribution in [0.3, 0.4) is 0 Å². The van der Waals surface area contributed by atoms with E-state index in [0.717, 1.165) is 48.3 Å². The summed E-state index contributed by atoms with van der Waals surface area (Å²) in [5.41, 5.74) is 2.18. The molecule has 0 saturated heterocycles. The highest BCUT2D eigenvalue weighted by Gasteiger charge is 2.11. The van der Waals surface area contributed by atoms with Crippen LogP contribution < -0.4 is 4.90 Å². The molecule has 0 fully saturated rings. The van der Waals surface area contributed by atoms with Crippen molar-refractivity contribution in [1.82, 2.24) is 9.88 Å². The van der Waals surface area contributed by atoms with Gasteiger partial charge in [-0.05, 0) is 38.2 Å². The molecule has 1 heterocycles. The van der Waals surface area contributed by atoms with Crippen molar-refractivity contribution in [3.8, 4) is 0 Å². The van der Waals surface area contributed by atoms with Gasteiger partial charge < -0.3 is 9.80 Å². The van der Waals surface area contributed by atoms with Gasteiger partial charge in [0.1, 0.15) is 5.82 Å². The van der Waals surface area contributed by atoms with Crippen LogP contribution in [0.2, 0.25) is 0 Å². The standard InChI is InChI=1S/C17H24ClN3/c1-4-9-21(11-10-20(2)3)17-12-14(13-18)15-7-5-6-8-16(15)19-17/h5-8,12H,4,9-11,13H2,1-3H3. The Bertz CT molecular complexity index is 583. The summed E-state index contributed by atoms with van der Waals surface area (Å²) >= 11 is 6.13. The van der Waals surface area contributed by atoms with Gasteiger partial charge in [0, 0.05) is 30.9 Å². The van der Waals surface area contributed by atoms with E-state index in [4.69, 9.17) is 16.6 Å². The minimum atomic E-state index is 0.518. The monoisotopic (exact) mass is 305 g/mol. The average Bonchev–Trinajstić information content (AvgIpc) is 2.50. The van der Waals surface area contributed by atoms with Gasteiger partial charge in [-0.3, -0.25) is 0 Å². The highest BCUT2D eigenvalue weighted by molar-refractivity contribution is 6.18. The molecule has 4 heteroatoms. The molecule has 0 radical (unpaired) electrons. The lowest BCUT2D eigenvalue weighted by atomic mass is 10.1. The average molecular weight is 306 g/mol. The third-order valence-electron chi connectivity index (χ3n) is 3.57. The second kappa shape index (κ2) is 7.62. The molecule has 0 aliphatic carbocycles. The molecule has 3 nitrogen and oxygen atoms in total. The lowest BCUT2D eigenvalue weighted by molar-refractivity contribution is 0.412. The van der Waals surface area contributed by atoms with Gasteiger partial charge >= 0.3 is 0 Å². The zero-order chi connectivity index (χ0) is 15.2. The number of hydrogen-bond acceptors (Lipinski definition) is 3. The molecule has 2 rings (SSSR count). The molecule has 1 aromatic heterocycles. The molecule has 0 aliphatic heterocycles. The van der Waals surface area contributed by atoms with Crippen LogP contribution in [0.1, 0.15) is 18.9 Å². The highest BCUT2D eigenvalue weighted by atomic mass is 35.5. The van der Waals surface area contributed by atoms with E-state index in [1.807, 2.05) is 12.1 Å². The zero-order valence-electron chi connectivity index (χ0n) is 13.1. The minimum absolute atomic E-state index is 0.518. The van der Waals surface area contributed by atoms with Crippen LogP contribution in [0, 0.1) is 0 Å². The van der Waals surface area contributed by atoms with Crippen molar-refractivity contribution >= 4 is 28.3 Å². The maximum atomic E-state index is 6.13. The van der Waals surface area contributed by atoms with Crippen LogP contribution in [0.5, 0.6) is 0 Å². The van der Waals surface area contributed by atoms with E-state index in [1.54, 1.807) is 0 Å². The first-order chi connectivity index (χ1) is 10.2. The third kappa shape index (κ3) is 4.08. The summed E-state index contributed by atoms with van der Waals surface area (Å²) in [6, 6.07) is 10.4. The molecular formula is C17H24ClN3. The Morgan fingerprint density at radius 2 is 1.86 bits per heavy atom. The molecule has 2 aromatic rings. The number of rotatable bonds is 7. The Morgan fingerprint density at radius 1 is 1.10 bits per heavy atom. The Morgan fingerprint density at radius 3 is 2.52 bits per heavy atom. The van der Waals surface area contributed by atoms with Crippen molar-refractivity contribution in [2.75, 3.05) is 38.6 Å². The van der Waals surface area contributed by atoms with Crippen molar-refractivity contribution in [3.63, 3.8) is 0 Å². The van der Waals surface area contributed by atoms with Crippen LogP contribution in [0.15, 0.2) is 30.3 Å². The number of para-hydroxylation sites is 1. The zero-order valence-corrected chi connectivity index (χ0v) is 13.9. The molecule has 0 saturated carbocycles. The number of halogens is 1. The first-order valence-electron chi connectivity index (χ1n) is 7.50. The highest BCUT2D eigenvalue weighted by Crippen LogP contribution is 2.24. The largest absolute Gasteiger partial charge is 0.355 e. The lowest BCUT2D eigenvalue weighted by Crippen LogP contribution is -2.33. The van der Waals surface area contributed by atoms with Gasteiger partial charge in [0.15, 0.2) is 0 Å². The molecule has 21 heavy (non-hydrogen) atoms. The molecule has 0 aliphatic rings. The molecular weight excluding hydrogens is 282 g/mol. The topological polar surface area (TPSA) is 19.4 Å². The number of fused-ring (bicyclic) bond motifs is 1. The van der Waals surface area contributed by atoms with E-state index in [2.05, 4.69) is 49.0 Å². The summed E-state index contributed by atoms with van der Waals surface area (Å²) in [7, 11) is 4.20. The van der Waals surface area contributed by atoms with E-state index in [1.165, 1.54) is 0 Å². The predicted octanol–water partition coefficient (Wildman–Crippen LogP) is 3.75. The number of pyridine rings is 1. The molecule has 1 aromatic carbocycles. The number of anilines is 1. The molecule has 0 unspecified atom stereocenters. The van der Waals surface area contributed by atoms with Crippen LogP contribution in [0.25, 0.3) is 10.9 Å². The summed E-state index contributed by atoms with van der Waals surface area (Å²) in [5, 5.41) is 1.15. The van der Waals surface area contributed by atoms with Crippen molar-refractivity contribution in [2.24, 2.45) is 0 Å². The van der Waals surface area contributed by atoms with Crippen LogP contribution in [-0.2, 0) is 5.88 Å². The van der Waals surface area contributed by atoms with Crippen molar-refractivity contribution in [1.29, 1.82) is 0 Å². The first-order valence-corrected chi connectivity index (χ1v) is 8.03. The van der Waals surface area contributed by atoms with Gasteiger partial charge in [-0.15, -0.1) is 11.6 Å². The maximum Gasteiger partial charge on any atom is 0.129 e. The molecule has 0 amide bonds. The Balaban J connectivity index is 2.37. The normalized spacial score (nSPS) is 11.3.